The Kier molecular flexibility index (Phi) is 6.01. The Labute approximate surface area is 174 Å². The maximum absolute atomic E-state index is 12.6. The number of aliphatic carboxylic acids is 1. The van der Waals surface area contributed by atoms with Gasteiger partial charge in [-0.05, 0) is 57.7 Å². The fourth-order valence-electron chi connectivity index (χ4n) is 3.83. The van der Waals surface area contributed by atoms with Crippen molar-refractivity contribution in [3.05, 3.63) is 44.5 Å². The molecule has 160 valence electrons. The molecule has 0 saturated heterocycles. The molecule has 0 spiro atoms. The minimum absolute atomic E-state index is 0.00960. The standard InChI is InChI=1S/C23H27NO6/c1-6-7-18(22(26)27)24-19(25)9-8-15-12(3)17-10-16-11(2)14(5)29-20(16)13(4)21(17)30-23(15)28/h10,18H,6-9H2,1-5H3,(H,24,25)(H,26,27)/t18-/m0/s1. The Morgan fingerprint density at radius 3 is 2.30 bits per heavy atom. The molecule has 1 amide bonds. The molecule has 0 radical (unpaired) electrons. The molecule has 1 atom stereocenters. The highest BCUT2D eigenvalue weighted by atomic mass is 16.4. The first-order valence-corrected chi connectivity index (χ1v) is 10.1. The van der Waals surface area contributed by atoms with Crippen LogP contribution in [0.25, 0.3) is 21.9 Å². The van der Waals surface area contributed by atoms with Crippen molar-refractivity contribution in [2.45, 2.75) is 66.3 Å². The topological polar surface area (TPSA) is 110 Å². The Balaban J connectivity index is 1.94. The van der Waals surface area contributed by atoms with Gasteiger partial charge in [-0.3, -0.25) is 4.79 Å². The number of amides is 1. The van der Waals surface area contributed by atoms with Crippen molar-refractivity contribution in [3.63, 3.8) is 0 Å². The zero-order valence-electron chi connectivity index (χ0n) is 18.0. The van der Waals surface area contributed by atoms with Gasteiger partial charge in [0.25, 0.3) is 0 Å². The lowest BCUT2D eigenvalue weighted by Gasteiger charge is -2.14. The molecule has 0 aliphatic carbocycles. The van der Waals surface area contributed by atoms with E-state index in [0.717, 1.165) is 33.2 Å². The average molecular weight is 413 g/mol. The fourth-order valence-corrected chi connectivity index (χ4v) is 3.83. The molecule has 0 bridgehead atoms. The van der Waals surface area contributed by atoms with Crippen LogP contribution >= 0.6 is 0 Å². The zero-order valence-corrected chi connectivity index (χ0v) is 18.0. The van der Waals surface area contributed by atoms with Gasteiger partial charge < -0.3 is 19.3 Å². The predicted molar refractivity (Wildman–Crippen MR) is 114 cm³/mol. The van der Waals surface area contributed by atoms with E-state index in [9.17, 15) is 19.5 Å². The second-order valence-corrected chi connectivity index (χ2v) is 7.78. The largest absolute Gasteiger partial charge is 0.480 e. The third-order valence-electron chi connectivity index (χ3n) is 5.76. The van der Waals surface area contributed by atoms with Gasteiger partial charge in [-0.2, -0.15) is 0 Å². The highest BCUT2D eigenvalue weighted by Gasteiger charge is 2.21. The number of benzene rings is 1. The van der Waals surface area contributed by atoms with Crippen LogP contribution in [-0.2, 0) is 16.0 Å². The van der Waals surface area contributed by atoms with Crippen LogP contribution in [0, 0.1) is 27.7 Å². The minimum Gasteiger partial charge on any atom is -0.480 e. The number of fused-ring (bicyclic) bond motifs is 2. The Hall–Kier alpha value is -3.09. The molecule has 0 aliphatic rings. The molecule has 2 heterocycles. The van der Waals surface area contributed by atoms with Crippen LogP contribution in [-0.4, -0.2) is 23.0 Å². The Bertz CT molecular complexity index is 1200. The molecule has 2 N–H and O–H groups in total. The summed E-state index contributed by atoms with van der Waals surface area (Å²) in [6.45, 7) is 9.45. The molecular weight excluding hydrogens is 386 g/mol. The van der Waals surface area contributed by atoms with E-state index in [-0.39, 0.29) is 12.8 Å². The molecule has 0 fully saturated rings. The monoisotopic (exact) mass is 413 g/mol. The van der Waals surface area contributed by atoms with Crippen LogP contribution in [0.5, 0.6) is 0 Å². The number of nitrogens with one attached hydrogen (secondary N) is 1. The highest BCUT2D eigenvalue weighted by Crippen LogP contribution is 2.34. The molecule has 3 aromatic rings. The van der Waals surface area contributed by atoms with Gasteiger partial charge in [0.05, 0.1) is 0 Å². The van der Waals surface area contributed by atoms with Crippen LogP contribution in [0.15, 0.2) is 19.7 Å². The number of hydrogen-bond acceptors (Lipinski definition) is 5. The third-order valence-corrected chi connectivity index (χ3v) is 5.76. The van der Waals surface area contributed by atoms with E-state index in [1.165, 1.54) is 0 Å². The van der Waals surface area contributed by atoms with E-state index in [4.69, 9.17) is 8.83 Å². The fraction of sp³-hybridized carbons (Fsp3) is 0.435. The highest BCUT2D eigenvalue weighted by molar-refractivity contribution is 6.00. The van der Waals surface area contributed by atoms with Crippen LogP contribution in [0.1, 0.15) is 54.2 Å². The molecule has 3 rings (SSSR count). The van der Waals surface area contributed by atoms with Crippen molar-refractivity contribution < 1.29 is 23.5 Å². The molecule has 2 aromatic heterocycles. The van der Waals surface area contributed by atoms with Gasteiger partial charge in [-0.25, -0.2) is 9.59 Å². The summed E-state index contributed by atoms with van der Waals surface area (Å²) in [7, 11) is 0. The maximum Gasteiger partial charge on any atom is 0.339 e. The molecule has 0 saturated carbocycles. The van der Waals surface area contributed by atoms with Crippen molar-refractivity contribution in [3.8, 4) is 0 Å². The van der Waals surface area contributed by atoms with E-state index < -0.39 is 23.5 Å². The number of carbonyl (C=O) groups is 2. The van der Waals surface area contributed by atoms with Crippen molar-refractivity contribution in [2.24, 2.45) is 0 Å². The second kappa shape index (κ2) is 8.34. The van der Waals surface area contributed by atoms with Crippen molar-refractivity contribution >= 4 is 33.8 Å². The van der Waals surface area contributed by atoms with Gasteiger partial charge in [-0.15, -0.1) is 0 Å². The van der Waals surface area contributed by atoms with Gasteiger partial charge in [0.2, 0.25) is 5.91 Å². The van der Waals surface area contributed by atoms with Crippen LogP contribution in [0.2, 0.25) is 0 Å². The number of carboxylic acids is 1. The predicted octanol–water partition coefficient (Wildman–Crippen LogP) is 4.07. The van der Waals surface area contributed by atoms with E-state index in [1.54, 1.807) is 0 Å². The molecule has 0 aliphatic heterocycles. The van der Waals surface area contributed by atoms with E-state index >= 15 is 0 Å². The lowest BCUT2D eigenvalue weighted by atomic mass is 9.98. The third kappa shape index (κ3) is 3.84. The quantitative estimate of drug-likeness (QED) is 0.565. The molecular formula is C23H27NO6. The van der Waals surface area contributed by atoms with Crippen molar-refractivity contribution in [1.29, 1.82) is 0 Å². The number of aryl methyl sites for hydroxylation is 4. The SMILES string of the molecule is CCC[C@H](NC(=O)CCc1c(C)c2cc3c(C)c(C)oc3c(C)c2oc1=O)C(=O)O. The number of rotatable bonds is 7. The van der Waals surface area contributed by atoms with Gasteiger partial charge in [0.1, 0.15) is 23.0 Å². The minimum atomic E-state index is -1.06. The lowest BCUT2D eigenvalue weighted by molar-refractivity contribution is -0.142. The van der Waals surface area contributed by atoms with E-state index in [1.807, 2.05) is 40.7 Å². The lowest BCUT2D eigenvalue weighted by Crippen LogP contribution is -2.40. The van der Waals surface area contributed by atoms with E-state index in [2.05, 4.69) is 5.32 Å². The summed E-state index contributed by atoms with van der Waals surface area (Å²) >= 11 is 0. The Morgan fingerprint density at radius 2 is 1.67 bits per heavy atom. The van der Waals surface area contributed by atoms with E-state index in [0.29, 0.717) is 29.6 Å². The zero-order chi connectivity index (χ0) is 22.2. The summed E-state index contributed by atoms with van der Waals surface area (Å²) in [5.74, 6) is -0.639. The summed E-state index contributed by atoms with van der Waals surface area (Å²) in [5, 5.41) is 13.5. The number of hydrogen-bond donors (Lipinski definition) is 2. The first kappa shape index (κ1) is 21.6. The van der Waals surface area contributed by atoms with Crippen LogP contribution < -0.4 is 10.9 Å². The van der Waals surface area contributed by atoms with Crippen LogP contribution in [0.4, 0.5) is 0 Å². The molecule has 30 heavy (non-hydrogen) atoms. The van der Waals surface area contributed by atoms with Gasteiger partial charge in [0.15, 0.2) is 0 Å². The Morgan fingerprint density at radius 1 is 1.03 bits per heavy atom. The summed E-state index contributed by atoms with van der Waals surface area (Å²) in [6, 6.07) is 1.05. The van der Waals surface area contributed by atoms with Gasteiger partial charge in [0, 0.05) is 28.3 Å². The first-order chi connectivity index (χ1) is 14.1. The first-order valence-electron chi connectivity index (χ1n) is 10.1. The molecule has 1 aromatic carbocycles. The second-order valence-electron chi connectivity index (χ2n) is 7.78. The van der Waals surface area contributed by atoms with Crippen LogP contribution in [0.3, 0.4) is 0 Å². The number of carbonyl (C=O) groups excluding carboxylic acids is 1. The number of carboxylic acid groups (broad SMARTS) is 1. The van der Waals surface area contributed by atoms with Crippen molar-refractivity contribution in [1.82, 2.24) is 5.32 Å². The molecule has 0 unspecified atom stereocenters. The van der Waals surface area contributed by atoms with Gasteiger partial charge >= 0.3 is 11.6 Å². The number of furan rings is 1. The normalized spacial score (nSPS) is 12.4. The smallest absolute Gasteiger partial charge is 0.339 e. The molecule has 7 heteroatoms. The average Bonchev–Trinajstić information content (AvgIpc) is 2.97. The summed E-state index contributed by atoms with van der Waals surface area (Å²) in [4.78, 5) is 36.1. The molecule has 7 nitrogen and oxygen atoms in total. The maximum atomic E-state index is 12.6. The van der Waals surface area contributed by atoms with Crippen molar-refractivity contribution in [2.75, 3.05) is 0 Å². The summed E-state index contributed by atoms with van der Waals surface area (Å²) < 4.78 is 11.5. The summed E-state index contributed by atoms with van der Waals surface area (Å²) in [5.41, 5.74) is 3.71. The summed E-state index contributed by atoms with van der Waals surface area (Å²) in [6.07, 6.45) is 1.19. The van der Waals surface area contributed by atoms with Gasteiger partial charge in [-0.1, -0.05) is 13.3 Å².